The van der Waals surface area contributed by atoms with Gasteiger partial charge >= 0.3 is 0 Å². The highest BCUT2D eigenvalue weighted by atomic mass is 35.5. The molecule has 0 spiro atoms. The van der Waals surface area contributed by atoms with Crippen molar-refractivity contribution in [2.75, 3.05) is 23.3 Å². The van der Waals surface area contributed by atoms with E-state index >= 15 is 0 Å². The van der Waals surface area contributed by atoms with E-state index in [1.54, 1.807) is 12.4 Å². The quantitative estimate of drug-likeness (QED) is 0.941. The molecule has 104 valence electrons. The van der Waals surface area contributed by atoms with Gasteiger partial charge in [-0.1, -0.05) is 11.6 Å². The lowest BCUT2D eigenvalue weighted by Gasteiger charge is -2.33. The molecule has 0 unspecified atom stereocenters. The van der Waals surface area contributed by atoms with E-state index in [-0.39, 0.29) is 0 Å². The minimum atomic E-state index is 0.484. The molecule has 0 aromatic carbocycles. The average Bonchev–Trinajstić information content (AvgIpc) is 2.50. The average molecular weight is 289 g/mol. The predicted molar refractivity (Wildman–Crippen MR) is 82.3 cm³/mol. The topological polar surface area (TPSA) is 41.1 Å². The fourth-order valence-electron chi connectivity index (χ4n) is 2.53. The van der Waals surface area contributed by atoms with Crippen molar-refractivity contribution in [1.29, 1.82) is 0 Å². The van der Waals surface area contributed by atoms with Gasteiger partial charge in [-0.25, -0.2) is 4.98 Å². The Hall–Kier alpha value is -1.81. The van der Waals surface area contributed by atoms with Crippen LogP contribution < -0.4 is 10.2 Å². The molecule has 2 aromatic rings. The van der Waals surface area contributed by atoms with Gasteiger partial charge in [0.05, 0.1) is 10.7 Å². The summed E-state index contributed by atoms with van der Waals surface area (Å²) in [6.07, 6.45) is 7.59. The molecule has 3 heterocycles. The molecule has 3 rings (SSSR count). The lowest BCUT2D eigenvalue weighted by Crippen LogP contribution is -2.39. The maximum atomic E-state index is 6.20. The monoisotopic (exact) mass is 288 g/mol. The third-order valence-corrected chi connectivity index (χ3v) is 3.86. The van der Waals surface area contributed by atoms with Gasteiger partial charge in [0.2, 0.25) is 0 Å². The van der Waals surface area contributed by atoms with Crippen LogP contribution in [0.2, 0.25) is 5.02 Å². The molecule has 0 aliphatic carbocycles. The van der Waals surface area contributed by atoms with Crippen LogP contribution >= 0.6 is 11.6 Å². The normalized spacial score (nSPS) is 16.1. The Balaban J connectivity index is 1.59. The standard InChI is InChI=1S/C15H17ClN4/c16-14-4-2-8-18-15(14)20-9-5-12(6-10-20)19-13-3-1-7-17-11-13/h1-4,7-8,11-12,19H,5-6,9-10H2. The molecule has 1 fully saturated rings. The number of nitrogens with one attached hydrogen (secondary N) is 1. The number of rotatable bonds is 3. The summed E-state index contributed by atoms with van der Waals surface area (Å²) in [5.74, 6) is 0.897. The van der Waals surface area contributed by atoms with Gasteiger partial charge < -0.3 is 10.2 Å². The number of hydrogen-bond acceptors (Lipinski definition) is 4. The summed E-state index contributed by atoms with van der Waals surface area (Å²) in [4.78, 5) is 10.8. The molecule has 1 N–H and O–H groups in total. The minimum absolute atomic E-state index is 0.484. The Morgan fingerprint density at radius 3 is 2.65 bits per heavy atom. The van der Waals surface area contributed by atoms with Crippen LogP contribution in [0.5, 0.6) is 0 Å². The molecule has 1 saturated heterocycles. The van der Waals surface area contributed by atoms with Crippen molar-refractivity contribution in [3.8, 4) is 0 Å². The Morgan fingerprint density at radius 1 is 1.15 bits per heavy atom. The van der Waals surface area contributed by atoms with Gasteiger partial charge in [-0.2, -0.15) is 0 Å². The van der Waals surface area contributed by atoms with E-state index in [0.717, 1.165) is 42.5 Å². The third-order valence-electron chi connectivity index (χ3n) is 3.57. The Bertz CT molecular complexity index is 553. The number of piperidine rings is 1. The van der Waals surface area contributed by atoms with Gasteiger partial charge in [0.15, 0.2) is 0 Å². The Kier molecular flexibility index (Phi) is 4.02. The molecule has 0 saturated carbocycles. The summed E-state index contributed by atoms with van der Waals surface area (Å²) in [5, 5.41) is 4.25. The van der Waals surface area contributed by atoms with Crippen molar-refractivity contribution in [2.45, 2.75) is 18.9 Å². The summed E-state index contributed by atoms with van der Waals surface area (Å²) in [6.45, 7) is 1.93. The van der Waals surface area contributed by atoms with Crippen LogP contribution in [0, 0.1) is 0 Å². The van der Waals surface area contributed by atoms with E-state index in [1.165, 1.54) is 0 Å². The van der Waals surface area contributed by atoms with Crippen molar-refractivity contribution < 1.29 is 0 Å². The predicted octanol–water partition coefficient (Wildman–Crippen LogP) is 3.21. The maximum Gasteiger partial charge on any atom is 0.147 e. The molecule has 20 heavy (non-hydrogen) atoms. The Morgan fingerprint density at radius 2 is 1.95 bits per heavy atom. The van der Waals surface area contributed by atoms with Crippen molar-refractivity contribution in [1.82, 2.24) is 9.97 Å². The number of pyridine rings is 2. The van der Waals surface area contributed by atoms with Gasteiger partial charge in [-0.15, -0.1) is 0 Å². The van der Waals surface area contributed by atoms with Gasteiger partial charge in [-0.05, 0) is 37.1 Å². The van der Waals surface area contributed by atoms with Crippen LogP contribution in [0.4, 0.5) is 11.5 Å². The molecule has 5 heteroatoms. The summed E-state index contributed by atoms with van der Waals surface area (Å²) >= 11 is 6.20. The molecule has 0 radical (unpaired) electrons. The highest BCUT2D eigenvalue weighted by Gasteiger charge is 2.21. The van der Waals surface area contributed by atoms with E-state index in [4.69, 9.17) is 11.6 Å². The molecule has 4 nitrogen and oxygen atoms in total. The van der Waals surface area contributed by atoms with Crippen molar-refractivity contribution in [3.05, 3.63) is 47.9 Å². The van der Waals surface area contributed by atoms with E-state index in [2.05, 4.69) is 26.3 Å². The van der Waals surface area contributed by atoms with E-state index < -0.39 is 0 Å². The van der Waals surface area contributed by atoms with Crippen molar-refractivity contribution in [3.63, 3.8) is 0 Å². The lowest BCUT2D eigenvalue weighted by molar-refractivity contribution is 0.523. The third kappa shape index (κ3) is 3.02. The van der Waals surface area contributed by atoms with Crippen molar-refractivity contribution >= 4 is 23.1 Å². The van der Waals surface area contributed by atoms with E-state index in [1.807, 2.05) is 24.4 Å². The van der Waals surface area contributed by atoms with Crippen LogP contribution in [0.3, 0.4) is 0 Å². The van der Waals surface area contributed by atoms with E-state index in [9.17, 15) is 0 Å². The molecule has 2 aromatic heterocycles. The van der Waals surface area contributed by atoms with Gasteiger partial charge in [0.25, 0.3) is 0 Å². The Labute approximate surface area is 123 Å². The molecule has 0 amide bonds. The highest BCUT2D eigenvalue weighted by molar-refractivity contribution is 6.32. The molecule has 0 atom stereocenters. The summed E-state index contributed by atoms with van der Waals surface area (Å²) < 4.78 is 0. The molecular weight excluding hydrogens is 272 g/mol. The molecule has 0 bridgehead atoms. The minimum Gasteiger partial charge on any atom is -0.381 e. The maximum absolute atomic E-state index is 6.20. The van der Waals surface area contributed by atoms with Gasteiger partial charge in [0.1, 0.15) is 5.82 Å². The SMILES string of the molecule is Clc1cccnc1N1CCC(Nc2cccnc2)CC1. The fourth-order valence-corrected chi connectivity index (χ4v) is 2.77. The van der Waals surface area contributed by atoms with E-state index in [0.29, 0.717) is 6.04 Å². The molecule has 1 aliphatic rings. The lowest BCUT2D eigenvalue weighted by atomic mass is 10.0. The van der Waals surface area contributed by atoms with Crippen LogP contribution in [-0.4, -0.2) is 29.1 Å². The first-order valence-corrected chi connectivity index (χ1v) is 7.23. The first-order chi connectivity index (χ1) is 9.83. The molecular formula is C15H17ClN4. The van der Waals surface area contributed by atoms with Crippen LogP contribution in [0.25, 0.3) is 0 Å². The van der Waals surface area contributed by atoms with Crippen LogP contribution in [0.15, 0.2) is 42.9 Å². The first kappa shape index (κ1) is 13.2. The number of nitrogens with zero attached hydrogens (tertiary/aromatic N) is 3. The zero-order valence-electron chi connectivity index (χ0n) is 11.2. The number of hydrogen-bond donors (Lipinski definition) is 1. The zero-order valence-corrected chi connectivity index (χ0v) is 11.9. The number of anilines is 2. The fraction of sp³-hybridized carbons (Fsp3) is 0.333. The summed E-state index contributed by atoms with van der Waals surface area (Å²) in [5.41, 5.74) is 1.09. The van der Waals surface area contributed by atoms with Gasteiger partial charge in [0, 0.05) is 37.7 Å². The van der Waals surface area contributed by atoms with Crippen molar-refractivity contribution in [2.24, 2.45) is 0 Å². The second-order valence-electron chi connectivity index (χ2n) is 4.96. The second-order valence-corrected chi connectivity index (χ2v) is 5.36. The van der Waals surface area contributed by atoms with Gasteiger partial charge in [-0.3, -0.25) is 4.98 Å². The largest absolute Gasteiger partial charge is 0.381 e. The summed E-state index contributed by atoms with van der Waals surface area (Å²) in [7, 11) is 0. The highest BCUT2D eigenvalue weighted by Crippen LogP contribution is 2.26. The number of halogens is 1. The van der Waals surface area contributed by atoms with Crippen LogP contribution in [0.1, 0.15) is 12.8 Å². The number of aromatic nitrogens is 2. The zero-order chi connectivity index (χ0) is 13.8. The smallest absolute Gasteiger partial charge is 0.147 e. The molecule has 1 aliphatic heterocycles. The van der Waals surface area contributed by atoms with Crippen LogP contribution in [-0.2, 0) is 0 Å². The second kappa shape index (κ2) is 6.09. The first-order valence-electron chi connectivity index (χ1n) is 6.85. The summed E-state index contributed by atoms with van der Waals surface area (Å²) in [6, 6.07) is 8.24.